The van der Waals surface area contributed by atoms with Gasteiger partial charge in [-0.3, -0.25) is 43.5 Å². The Labute approximate surface area is 655 Å². The molecule has 0 saturated carbocycles. The number of rotatable bonds is 25. The summed E-state index contributed by atoms with van der Waals surface area (Å²) in [6.45, 7) is 1.96. The van der Waals surface area contributed by atoms with Crippen molar-refractivity contribution in [2.24, 2.45) is 21.1 Å². The molecular formula is C83H94ClN17O10. The van der Waals surface area contributed by atoms with Crippen molar-refractivity contribution in [3.63, 3.8) is 0 Å². The minimum absolute atomic E-state index is 0. The number of aryl methyl sites for hydroxylation is 3. The van der Waals surface area contributed by atoms with Crippen LogP contribution < -0.4 is 43.1 Å². The highest BCUT2D eigenvalue weighted by molar-refractivity contribution is 6.35. The Morgan fingerprint density at radius 2 is 0.919 bits per heavy atom. The first-order chi connectivity index (χ1) is 53.7. The summed E-state index contributed by atoms with van der Waals surface area (Å²) >= 11 is 6.84. The van der Waals surface area contributed by atoms with Gasteiger partial charge in [-0.15, -0.1) is 0 Å². The fourth-order valence-corrected chi connectivity index (χ4v) is 13.3. The van der Waals surface area contributed by atoms with Crippen molar-refractivity contribution in [1.82, 2.24) is 69.0 Å². The number of imide groups is 1. The molecule has 0 radical (unpaired) electrons. The van der Waals surface area contributed by atoms with Gasteiger partial charge in [-0.25, -0.2) is 15.0 Å². The Balaban J connectivity index is 0.000000180. The summed E-state index contributed by atoms with van der Waals surface area (Å²) in [6.07, 6.45) is 17.8. The maximum Gasteiger partial charge on any atom is 0.261 e. The molecule has 8 heterocycles. The quantitative estimate of drug-likeness (QED) is 0.0503. The molecule has 111 heavy (non-hydrogen) atoms. The first-order valence-electron chi connectivity index (χ1n) is 36.2. The van der Waals surface area contributed by atoms with Crippen molar-refractivity contribution >= 4 is 90.6 Å². The minimum Gasteiger partial charge on any atom is -0.497 e. The lowest BCUT2D eigenvalue weighted by molar-refractivity contribution is 0.0553. The van der Waals surface area contributed by atoms with Gasteiger partial charge in [-0.1, -0.05) is 46.0 Å². The number of aliphatic hydroxyl groups excluding tert-OH is 2. The molecular weight excluding hydrogens is 1430 g/mol. The molecule has 578 valence electrons. The van der Waals surface area contributed by atoms with E-state index in [-0.39, 0.29) is 42.0 Å². The maximum atomic E-state index is 13.0. The second kappa shape index (κ2) is 36.7. The molecule has 2 aliphatic heterocycles. The third-order valence-corrected chi connectivity index (χ3v) is 18.9. The van der Waals surface area contributed by atoms with E-state index in [0.29, 0.717) is 108 Å². The summed E-state index contributed by atoms with van der Waals surface area (Å²) in [6, 6.07) is 38.7. The summed E-state index contributed by atoms with van der Waals surface area (Å²) in [5, 5.41) is 33.9. The van der Waals surface area contributed by atoms with E-state index >= 15 is 0 Å². The molecule has 7 aromatic carbocycles. The van der Waals surface area contributed by atoms with Crippen LogP contribution in [-0.2, 0) is 21.1 Å². The van der Waals surface area contributed by atoms with Crippen LogP contribution in [0.2, 0.25) is 5.02 Å². The van der Waals surface area contributed by atoms with Crippen LogP contribution in [-0.4, -0.2) is 192 Å². The molecule has 13 aromatic rings. The van der Waals surface area contributed by atoms with E-state index in [1.54, 1.807) is 125 Å². The van der Waals surface area contributed by atoms with Gasteiger partial charge in [0, 0.05) is 151 Å². The number of hydrogen-bond acceptors (Lipinski definition) is 23. The average Bonchev–Trinajstić information content (AvgIpc) is 1.61. The number of benzene rings is 7. The van der Waals surface area contributed by atoms with Crippen LogP contribution in [0.15, 0.2) is 183 Å². The predicted octanol–water partition coefficient (Wildman–Crippen LogP) is 14.3. The number of carbonyl (C=O) groups excluding carboxylic acids is 2. The van der Waals surface area contributed by atoms with E-state index in [4.69, 9.17) is 54.1 Å². The molecule has 1 atom stereocenters. The number of aromatic nitrogens is 12. The molecule has 0 bridgehead atoms. The number of β-amino-alcohol motifs (C(OH)–C–C–N with tert-alkyl or cyclic N) is 1. The van der Waals surface area contributed by atoms with Crippen molar-refractivity contribution in [2.75, 3.05) is 110 Å². The fraction of sp³-hybridized carbons (Fsp3) is 0.289. The number of nitrogens with zero attached hydrogens (tertiary/aromatic N) is 17. The fourth-order valence-electron chi connectivity index (χ4n) is 13.0. The van der Waals surface area contributed by atoms with Gasteiger partial charge in [0.15, 0.2) is 0 Å². The van der Waals surface area contributed by atoms with Crippen LogP contribution in [0.1, 0.15) is 66.4 Å². The molecule has 28 heteroatoms. The van der Waals surface area contributed by atoms with E-state index in [0.717, 1.165) is 79.7 Å². The van der Waals surface area contributed by atoms with Gasteiger partial charge < -0.3 is 58.2 Å². The molecule has 2 amide bonds. The van der Waals surface area contributed by atoms with Crippen LogP contribution in [0, 0.1) is 0 Å². The zero-order valence-electron chi connectivity index (χ0n) is 63.8. The third kappa shape index (κ3) is 18.5. The van der Waals surface area contributed by atoms with Crippen molar-refractivity contribution in [1.29, 1.82) is 0 Å². The highest BCUT2D eigenvalue weighted by Gasteiger charge is 2.37. The third-order valence-electron chi connectivity index (χ3n) is 18.5. The van der Waals surface area contributed by atoms with E-state index in [1.807, 2.05) is 109 Å². The van der Waals surface area contributed by atoms with Gasteiger partial charge in [0.1, 0.15) is 39.5 Å². The zero-order chi connectivity index (χ0) is 78.0. The molecule has 1 saturated heterocycles. The van der Waals surface area contributed by atoms with Crippen LogP contribution in [0.3, 0.4) is 0 Å². The van der Waals surface area contributed by atoms with E-state index in [9.17, 15) is 19.8 Å². The summed E-state index contributed by atoms with van der Waals surface area (Å²) in [4.78, 5) is 63.6. The van der Waals surface area contributed by atoms with Crippen molar-refractivity contribution in [2.45, 2.75) is 47.6 Å². The molecule has 1 fully saturated rings. The molecule has 6 aromatic heterocycles. The Hall–Kier alpha value is -12.3. The lowest BCUT2D eigenvalue weighted by Gasteiger charge is -2.29. The molecule has 27 nitrogen and oxygen atoms in total. The lowest BCUT2D eigenvalue weighted by atomic mass is 10.1. The van der Waals surface area contributed by atoms with Gasteiger partial charge >= 0.3 is 0 Å². The molecule has 1 unspecified atom stereocenters. The monoisotopic (exact) mass is 1530 g/mol. The van der Waals surface area contributed by atoms with Crippen LogP contribution in [0.5, 0.6) is 34.5 Å². The second-order valence-electron chi connectivity index (χ2n) is 25.5. The summed E-state index contributed by atoms with van der Waals surface area (Å²) in [5.74, 6) is 2.79. The van der Waals surface area contributed by atoms with Crippen LogP contribution in [0.4, 0.5) is 34.1 Å². The first-order valence-corrected chi connectivity index (χ1v) is 35.1. The summed E-state index contributed by atoms with van der Waals surface area (Å²) in [5.41, 5.74) is 14.0. The Bertz CT molecular complexity index is 5430. The largest absolute Gasteiger partial charge is 0.497 e. The number of fused-ring (bicyclic) bond motifs is 4. The standard InChI is InChI=1S/C31H28N6O5.C27H31ClN6O2.C22H23N5O3.3CH4/c1-35-16-19(14-33-35)29-15-32-27-9-8-20(12-28(27)34-29)36(21-10-23(41-2)13-24(11-21)42-3)17-22(38)18-37-30(39)25-6-4-5-7-26(25)31(37)40;1-32-18-19(16-30-32)24-17-29-22-8-7-20(13-23(22)31-24)34(12-6-11-33-9-4-5-10-33)25-14-21(35-2)15-26(36-3)27(25)28;1-26-14-15(12-24-26)22-13-23-20-5-4-16(10-21(20)25-22)27(6-7-28)17-8-18(29-2)11-19(9-17)30-3;;;/h4-16,22,38H,17-18H2,1-3H3;7-8,13-18H,4-6,9-12H2,1-3H3;4-5,8-14,28H,6-7H2,1-3H3;3*1H4/i;;1D3;;;. The number of aliphatic hydroxyl groups is 2. The number of halogens is 1. The second-order valence-corrected chi connectivity index (χ2v) is 25.9. The van der Waals surface area contributed by atoms with Crippen molar-refractivity contribution in [3.8, 4) is 68.3 Å². The highest BCUT2D eigenvalue weighted by atomic mass is 35.5. The van der Waals surface area contributed by atoms with Gasteiger partial charge in [-0.05, 0) is 106 Å². The molecule has 15 rings (SSSR count). The average molecular weight is 1530 g/mol. The van der Waals surface area contributed by atoms with Gasteiger partial charge in [0.05, 0.1) is 173 Å². The number of hydrogen-bond donors (Lipinski definition) is 2. The summed E-state index contributed by atoms with van der Waals surface area (Å²) < 4.78 is 59.7. The first kappa shape index (κ1) is 76.9. The number of ether oxygens (including phenoxy) is 6. The zero-order valence-corrected chi connectivity index (χ0v) is 61.6. The Morgan fingerprint density at radius 3 is 1.33 bits per heavy atom. The number of anilines is 6. The van der Waals surface area contributed by atoms with Crippen LogP contribution >= 0.6 is 11.6 Å². The van der Waals surface area contributed by atoms with Crippen molar-refractivity contribution < 1.29 is 52.3 Å². The SMILES string of the molecule is C.C.C.COc1cc(OC)c(Cl)c(N(CCCN2CCCC2)c2ccc3ncc(-c4cnn(C)c4)nc3c2)c1.COc1cc(OC)cc(N(CC(O)CN2C(=O)c3ccccc3C2=O)c2ccc3ncc(-c4cnn(C)c4)nc3c2)c1.[2H]C([2H])([2H])n1cc(-c2cnc3ccc(N(CCO)c4cc(OC)cc(OC)c4)cc3n2)cn1. The smallest absolute Gasteiger partial charge is 0.261 e. The normalized spacial score (nSPS) is 13.0. The van der Waals surface area contributed by atoms with E-state index in [1.165, 1.54) is 38.3 Å². The summed E-state index contributed by atoms with van der Waals surface area (Å²) in [7, 11) is 13.3. The number of carbonyl (C=O) groups is 2. The van der Waals surface area contributed by atoms with Crippen LogP contribution in [0.25, 0.3) is 66.9 Å². The predicted molar refractivity (Wildman–Crippen MR) is 435 cm³/mol. The number of amides is 2. The van der Waals surface area contributed by atoms with Gasteiger partial charge in [-0.2, -0.15) is 15.3 Å². The highest BCUT2D eigenvalue weighted by Crippen LogP contribution is 2.43. The Morgan fingerprint density at radius 1 is 0.495 bits per heavy atom. The Kier molecular flexibility index (Phi) is 25.4. The van der Waals surface area contributed by atoms with Gasteiger partial charge in [0.25, 0.3) is 11.8 Å². The van der Waals surface area contributed by atoms with E-state index in [2.05, 4.69) is 57.2 Å². The maximum absolute atomic E-state index is 13.0. The lowest BCUT2D eigenvalue weighted by Crippen LogP contribution is -2.41. The molecule has 0 spiro atoms. The molecule has 2 aliphatic rings. The van der Waals surface area contributed by atoms with Gasteiger partial charge in [0.2, 0.25) is 0 Å². The molecule has 0 aliphatic carbocycles. The number of likely N-dealkylation sites (tertiary alicyclic amines) is 1. The van der Waals surface area contributed by atoms with E-state index < -0.39 is 24.9 Å². The minimum atomic E-state index is -2.36. The topological polar surface area (TPSA) is 277 Å². The molecule has 2 N–H and O–H groups in total. The number of methoxy groups -OCH3 is 6. The van der Waals surface area contributed by atoms with Crippen molar-refractivity contribution in [3.05, 3.63) is 199 Å².